The van der Waals surface area contributed by atoms with Crippen LogP contribution in [0, 0.1) is 5.92 Å². The van der Waals surface area contributed by atoms with Gasteiger partial charge < -0.3 is 10.6 Å². The average molecular weight is 285 g/mol. The fourth-order valence-electron chi connectivity index (χ4n) is 2.11. The summed E-state index contributed by atoms with van der Waals surface area (Å²) in [4.78, 5) is 11.0. The number of hydrogen-bond donors (Lipinski definition) is 1. The van der Waals surface area contributed by atoms with E-state index in [1.165, 1.54) is 12.8 Å². The summed E-state index contributed by atoms with van der Waals surface area (Å²) in [7, 11) is 0. The normalized spacial score (nSPS) is 25.8. The highest BCUT2D eigenvalue weighted by molar-refractivity contribution is 9.10. The lowest BCUT2D eigenvalue weighted by molar-refractivity contribution is 0.369. The number of nitrogens with two attached hydrogens (primary N) is 1. The number of nitrogens with zero attached hydrogens (tertiary/aromatic N) is 3. The number of hydrogen-bond acceptors (Lipinski definition) is 4. The van der Waals surface area contributed by atoms with E-state index in [2.05, 4.69) is 37.7 Å². The lowest BCUT2D eigenvalue weighted by Gasteiger charge is -2.37. The zero-order chi connectivity index (χ0) is 11.5. The topological polar surface area (TPSA) is 55.0 Å². The third-order valence-electron chi connectivity index (χ3n) is 3.18. The van der Waals surface area contributed by atoms with E-state index in [0.717, 1.165) is 23.5 Å². The smallest absolute Gasteiger partial charge is 0.225 e. The monoisotopic (exact) mass is 284 g/mol. The molecule has 1 saturated heterocycles. The molecule has 1 aliphatic heterocycles. The van der Waals surface area contributed by atoms with Crippen LogP contribution in [0.2, 0.25) is 0 Å². The Morgan fingerprint density at radius 1 is 1.44 bits per heavy atom. The molecule has 0 amide bonds. The predicted octanol–water partition coefficient (Wildman–Crippen LogP) is 1.80. The molecular formula is C11H17BrN4. The molecule has 1 aliphatic rings. The van der Waals surface area contributed by atoms with Crippen molar-refractivity contribution in [2.45, 2.75) is 25.8 Å². The van der Waals surface area contributed by atoms with E-state index in [1.807, 2.05) is 0 Å². The maximum Gasteiger partial charge on any atom is 0.225 e. The number of piperidine rings is 1. The van der Waals surface area contributed by atoms with Gasteiger partial charge in [0.2, 0.25) is 5.95 Å². The first-order chi connectivity index (χ1) is 7.70. The lowest BCUT2D eigenvalue weighted by atomic mass is 9.94. The summed E-state index contributed by atoms with van der Waals surface area (Å²) in [6, 6.07) is 0.504. The zero-order valence-electron chi connectivity index (χ0n) is 9.43. The van der Waals surface area contributed by atoms with E-state index < -0.39 is 0 Å². The molecule has 5 heteroatoms. The van der Waals surface area contributed by atoms with Gasteiger partial charge in [0.25, 0.3) is 0 Å². The van der Waals surface area contributed by atoms with Crippen LogP contribution in [-0.2, 0) is 0 Å². The largest absolute Gasteiger partial charge is 0.338 e. The average Bonchev–Trinajstić information content (AvgIpc) is 2.31. The number of rotatable bonds is 2. The second kappa shape index (κ2) is 5.10. The van der Waals surface area contributed by atoms with Crippen molar-refractivity contribution in [2.75, 3.05) is 18.0 Å². The van der Waals surface area contributed by atoms with Gasteiger partial charge in [0, 0.05) is 25.0 Å². The minimum absolute atomic E-state index is 0.504. The highest BCUT2D eigenvalue weighted by Gasteiger charge is 2.26. The minimum Gasteiger partial charge on any atom is -0.338 e. The Hall–Kier alpha value is -0.680. The molecule has 0 spiro atoms. The van der Waals surface area contributed by atoms with Crippen molar-refractivity contribution in [3.05, 3.63) is 16.9 Å². The Labute approximate surface area is 104 Å². The van der Waals surface area contributed by atoms with Crippen LogP contribution >= 0.6 is 15.9 Å². The summed E-state index contributed by atoms with van der Waals surface area (Å²) >= 11 is 3.35. The molecule has 1 fully saturated rings. The molecule has 0 saturated carbocycles. The Morgan fingerprint density at radius 2 is 2.12 bits per heavy atom. The van der Waals surface area contributed by atoms with Crippen LogP contribution in [0.3, 0.4) is 0 Å². The highest BCUT2D eigenvalue weighted by Crippen LogP contribution is 2.24. The summed E-state index contributed by atoms with van der Waals surface area (Å²) in [5.74, 6) is 1.39. The third kappa shape index (κ3) is 2.52. The quantitative estimate of drug-likeness (QED) is 0.900. The molecule has 2 atom stereocenters. The molecular weight excluding hydrogens is 268 g/mol. The zero-order valence-corrected chi connectivity index (χ0v) is 11.0. The van der Waals surface area contributed by atoms with Crippen LogP contribution in [0.5, 0.6) is 0 Å². The molecule has 16 heavy (non-hydrogen) atoms. The Kier molecular flexibility index (Phi) is 3.76. The van der Waals surface area contributed by atoms with E-state index in [9.17, 15) is 0 Å². The molecule has 4 nitrogen and oxygen atoms in total. The van der Waals surface area contributed by atoms with E-state index >= 15 is 0 Å². The van der Waals surface area contributed by atoms with Gasteiger partial charge in [-0.2, -0.15) is 0 Å². The molecule has 0 aromatic carbocycles. The lowest BCUT2D eigenvalue weighted by Crippen LogP contribution is -2.44. The molecule has 2 heterocycles. The number of aromatic nitrogens is 2. The van der Waals surface area contributed by atoms with Crippen LogP contribution in [0.25, 0.3) is 0 Å². The number of halogens is 1. The summed E-state index contributed by atoms with van der Waals surface area (Å²) in [6.45, 7) is 3.94. The highest BCUT2D eigenvalue weighted by atomic mass is 79.9. The number of anilines is 1. The molecule has 2 unspecified atom stereocenters. The van der Waals surface area contributed by atoms with Gasteiger partial charge in [0.1, 0.15) is 0 Å². The van der Waals surface area contributed by atoms with E-state index in [4.69, 9.17) is 5.73 Å². The van der Waals surface area contributed by atoms with Crippen molar-refractivity contribution in [3.8, 4) is 0 Å². The first kappa shape index (κ1) is 11.8. The van der Waals surface area contributed by atoms with Crippen molar-refractivity contribution < 1.29 is 0 Å². The molecule has 0 radical (unpaired) electrons. The van der Waals surface area contributed by atoms with Crippen LogP contribution in [0.1, 0.15) is 19.8 Å². The third-order valence-corrected chi connectivity index (χ3v) is 3.59. The molecule has 1 aromatic rings. The maximum absolute atomic E-state index is 5.74. The van der Waals surface area contributed by atoms with Gasteiger partial charge in [-0.1, -0.05) is 0 Å². The van der Waals surface area contributed by atoms with Crippen LogP contribution in [0.15, 0.2) is 16.9 Å². The van der Waals surface area contributed by atoms with Gasteiger partial charge in [0.15, 0.2) is 0 Å². The van der Waals surface area contributed by atoms with Gasteiger partial charge in [-0.25, -0.2) is 9.97 Å². The van der Waals surface area contributed by atoms with Gasteiger partial charge in [-0.15, -0.1) is 0 Å². The second-order valence-corrected chi connectivity index (χ2v) is 5.30. The van der Waals surface area contributed by atoms with Crippen LogP contribution < -0.4 is 10.6 Å². The van der Waals surface area contributed by atoms with Crippen molar-refractivity contribution in [2.24, 2.45) is 11.7 Å². The Balaban J connectivity index is 2.14. The first-order valence-electron chi connectivity index (χ1n) is 5.65. The molecule has 88 valence electrons. The fraction of sp³-hybridized carbons (Fsp3) is 0.636. The molecule has 0 aliphatic carbocycles. The van der Waals surface area contributed by atoms with Crippen LogP contribution in [0.4, 0.5) is 5.95 Å². The Bertz CT molecular complexity index is 340. The first-order valence-corrected chi connectivity index (χ1v) is 6.44. The van der Waals surface area contributed by atoms with E-state index in [0.29, 0.717) is 12.0 Å². The minimum atomic E-state index is 0.504. The molecule has 1 aromatic heterocycles. The SMILES string of the molecule is CC1CCC(CN)CN1c1ncc(Br)cn1. The molecule has 2 N–H and O–H groups in total. The van der Waals surface area contributed by atoms with E-state index in [-0.39, 0.29) is 0 Å². The fourth-order valence-corrected chi connectivity index (χ4v) is 2.31. The van der Waals surface area contributed by atoms with Crippen molar-refractivity contribution >= 4 is 21.9 Å². The molecule has 2 rings (SSSR count). The van der Waals surface area contributed by atoms with Crippen molar-refractivity contribution in [1.82, 2.24) is 9.97 Å². The van der Waals surface area contributed by atoms with E-state index in [1.54, 1.807) is 12.4 Å². The van der Waals surface area contributed by atoms with Gasteiger partial charge in [0.05, 0.1) is 4.47 Å². The predicted molar refractivity (Wildman–Crippen MR) is 68.3 cm³/mol. The van der Waals surface area contributed by atoms with Gasteiger partial charge in [-0.3, -0.25) is 0 Å². The van der Waals surface area contributed by atoms with Gasteiger partial charge in [-0.05, 0) is 48.2 Å². The van der Waals surface area contributed by atoms with Crippen molar-refractivity contribution in [1.29, 1.82) is 0 Å². The maximum atomic E-state index is 5.74. The molecule has 0 bridgehead atoms. The summed E-state index contributed by atoms with van der Waals surface area (Å²) < 4.78 is 0.913. The second-order valence-electron chi connectivity index (χ2n) is 4.38. The standard InChI is InChI=1S/C11H17BrN4/c1-8-2-3-9(4-13)7-16(8)11-14-5-10(12)6-15-11/h5-6,8-9H,2-4,7,13H2,1H3. The van der Waals surface area contributed by atoms with Crippen LogP contribution in [-0.4, -0.2) is 29.1 Å². The summed E-state index contributed by atoms with van der Waals surface area (Å²) in [5.41, 5.74) is 5.74. The van der Waals surface area contributed by atoms with Gasteiger partial charge >= 0.3 is 0 Å². The summed E-state index contributed by atoms with van der Waals surface area (Å²) in [5, 5.41) is 0. The van der Waals surface area contributed by atoms with Crippen molar-refractivity contribution in [3.63, 3.8) is 0 Å². The Morgan fingerprint density at radius 3 is 2.75 bits per heavy atom. The summed E-state index contributed by atoms with van der Waals surface area (Å²) in [6.07, 6.45) is 5.97.